The highest BCUT2D eigenvalue weighted by Crippen LogP contribution is 2.39. The lowest BCUT2D eigenvalue weighted by molar-refractivity contribution is -0.137. The van der Waals surface area contributed by atoms with Gasteiger partial charge in [-0.25, -0.2) is 43.5 Å². The lowest BCUT2D eigenvalue weighted by atomic mass is 9.88. The number of hydrogen-bond donors (Lipinski definition) is 5. The van der Waals surface area contributed by atoms with Gasteiger partial charge in [-0.15, -0.1) is 11.3 Å². The molecule has 0 atom stereocenters. The highest BCUT2D eigenvalue weighted by atomic mass is 32.1. The van der Waals surface area contributed by atoms with Crippen LogP contribution in [0.5, 0.6) is 0 Å². The molecule has 0 saturated carbocycles. The molecular formula is C102H147F3N12O14S2. The molecule has 7 aromatic rings. The van der Waals surface area contributed by atoms with Gasteiger partial charge in [0, 0.05) is 132 Å². The zero-order valence-corrected chi connectivity index (χ0v) is 82.8. The Morgan fingerprint density at radius 3 is 1.14 bits per heavy atom. The van der Waals surface area contributed by atoms with E-state index in [0.717, 1.165) is 126 Å². The molecule has 5 N–H and O–H groups in total. The Bertz CT molecular complexity index is 4630. The van der Waals surface area contributed by atoms with Gasteiger partial charge in [-0.3, -0.25) is 14.7 Å². The minimum atomic E-state index is -4.57. The van der Waals surface area contributed by atoms with E-state index in [4.69, 9.17) is 30.3 Å². The number of carbonyl (C=O) groups excluding carboxylic acids is 2. The van der Waals surface area contributed by atoms with Crippen molar-refractivity contribution in [2.75, 3.05) is 160 Å². The van der Waals surface area contributed by atoms with Crippen molar-refractivity contribution in [3.63, 3.8) is 0 Å². The van der Waals surface area contributed by atoms with Crippen LogP contribution in [0.1, 0.15) is 266 Å². The lowest BCUT2D eigenvalue weighted by Crippen LogP contribution is -2.49. The summed E-state index contributed by atoms with van der Waals surface area (Å²) in [5.74, 6) is -2.75. The number of hydrogen-bond acceptors (Lipinski definition) is 23. The van der Waals surface area contributed by atoms with Crippen LogP contribution < -0.4 is 14.7 Å². The molecule has 26 nitrogen and oxygen atoms in total. The smallest absolute Gasteiger partial charge is 0.418 e. The van der Waals surface area contributed by atoms with Crippen molar-refractivity contribution in [3.8, 4) is 0 Å². The fraction of sp³-hybridized carbons (Fsp3) is 0.578. The van der Waals surface area contributed by atoms with Gasteiger partial charge in [0.05, 0.1) is 53.8 Å². The topological polar surface area (TPSA) is 297 Å². The number of ether oxygens (including phenoxy) is 2. The number of esters is 2. The molecule has 7 fully saturated rings. The van der Waals surface area contributed by atoms with E-state index in [0.29, 0.717) is 119 Å². The average molecular weight is 1890 g/mol. The van der Waals surface area contributed by atoms with E-state index in [1.807, 2.05) is 48.5 Å². The first-order valence-electron chi connectivity index (χ1n) is 47.5. The number of likely N-dealkylation sites (tertiary alicyclic amines) is 4. The summed E-state index contributed by atoms with van der Waals surface area (Å²) in [6.07, 6.45) is 10.1. The maximum Gasteiger partial charge on any atom is 0.418 e. The van der Waals surface area contributed by atoms with Gasteiger partial charge < -0.3 is 69.3 Å². The van der Waals surface area contributed by atoms with Crippen LogP contribution in [0.4, 0.5) is 29.1 Å². The van der Waals surface area contributed by atoms with Gasteiger partial charge in [0.2, 0.25) is 0 Å². The standard InChI is InChI=1S/C17H25NO2.C16H23NO2.C15H19F3N2O2.2C15H21NO2.2C12H19N3O2S/c1-13(2)18-11-9-15(10-12-18)4-3-14-5-7-16(8-6-14)17(19)20;1-12(2)17-9-7-14(8-10-17)11-13-3-5-15(6-4-13)16(18)19;1-10(2)19-5-7-20(8-6-19)13-4-3-11(14(21)22)9-12(13)15(16,17)18;1-11(2)16-9-7-13(8-10-16)12-3-5-14(6-4-12)15(17)18;1-11(2)16-8-6-12(7-9-16)13-4-3-5-14(10-13)15(17)18;1-9(2)14-4-6-15(7-5-14)12-13-10(8-18-12)11(16)17-3;1-9(2)14-4-6-15(7-5-14)12-13-8-10(18-12)11(16)17-3/h5-8,13,15H,3-4,9-12H2,1-2H3,(H,19,20);3-6,12,14H,7-11H2,1-2H3,(H,18,19);3-4,9-10H,5-8H2,1-2H3,(H,21,22);3-6,11,13H,7-10H2,1-2H3,(H,17,18);3-5,10-12H,6-9H2,1-2H3,(H,17,18);2*8-9H,4-7H2,1-3H3. The zero-order chi connectivity index (χ0) is 97.3. The fourth-order valence-electron chi connectivity index (χ4n) is 17.8. The number of halogens is 3. The van der Waals surface area contributed by atoms with Crippen LogP contribution in [-0.2, 0) is 28.5 Å². The average Bonchev–Trinajstić information content (AvgIpc) is 1.52. The van der Waals surface area contributed by atoms with Crippen molar-refractivity contribution in [1.29, 1.82) is 0 Å². The molecule has 7 aliphatic rings. The Balaban J connectivity index is 0.000000191. The number of methoxy groups -OCH3 is 2. The number of anilines is 3. The largest absolute Gasteiger partial charge is 0.478 e. The SMILES string of the molecule is CC(C)N1CCC(CCc2ccc(C(=O)O)cc2)CC1.CC(C)N1CCC(Cc2ccc(C(=O)O)cc2)CC1.CC(C)N1CCC(c2ccc(C(=O)O)cc2)CC1.CC(C)N1CCC(c2cccc(C(=O)O)c2)CC1.CC(C)N1CCN(c2ccc(C(=O)O)cc2C(F)(F)F)CC1.COC(=O)c1cnc(N2CCN(C(C)C)CC2)s1.COC(=O)c1csc(N2CCN(C(C)C)CC2)n1. The Morgan fingerprint density at radius 2 is 0.744 bits per heavy atom. The van der Waals surface area contributed by atoms with Gasteiger partial charge in [-0.05, 0) is 333 Å². The number of carbonyl (C=O) groups is 7. The van der Waals surface area contributed by atoms with Gasteiger partial charge in [-0.1, -0.05) is 59.9 Å². The van der Waals surface area contributed by atoms with Crippen molar-refractivity contribution < 1.29 is 81.7 Å². The van der Waals surface area contributed by atoms with Gasteiger partial charge in [0.1, 0.15) is 4.88 Å². The summed E-state index contributed by atoms with van der Waals surface area (Å²) in [5.41, 5.74) is 5.72. The third kappa shape index (κ3) is 34.7. The monoisotopic (exact) mass is 1890 g/mol. The van der Waals surface area contributed by atoms with Crippen LogP contribution in [0, 0.1) is 11.8 Å². The highest BCUT2D eigenvalue weighted by Gasteiger charge is 2.37. The number of rotatable bonds is 24. The van der Waals surface area contributed by atoms with Crippen molar-refractivity contribution in [2.45, 2.75) is 228 Å². The molecule has 0 bridgehead atoms. The summed E-state index contributed by atoms with van der Waals surface area (Å²) >= 11 is 2.91. The Morgan fingerprint density at radius 1 is 0.391 bits per heavy atom. The second-order valence-corrected chi connectivity index (χ2v) is 39.3. The first-order valence-corrected chi connectivity index (χ1v) is 49.2. The summed E-state index contributed by atoms with van der Waals surface area (Å²) in [6, 6.07) is 36.7. The molecular weight excluding hydrogens is 1740 g/mol. The number of thiazole rings is 2. The van der Waals surface area contributed by atoms with Crippen LogP contribution in [0.3, 0.4) is 0 Å². The predicted octanol–water partition coefficient (Wildman–Crippen LogP) is 18.3. The van der Waals surface area contributed by atoms with Crippen LogP contribution >= 0.6 is 22.7 Å². The van der Waals surface area contributed by atoms with Gasteiger partial charge in [0.15, 0.2) is 16.0 Å². The van der Waals surface area contributed by atoms with Crippen molar-refractivity contribution in [1.82, 2.24) is 44.3 Å². The molecule has 0 radical (unpaired) electrons. The summed E-state index contributed by atoms with van der Waals surface area (Å²) in [5, 5.41) is 48.1. The maximum atomic E-state index is 13.2. The summed E-state index contributed by atoms with van der Waals surface area (Å²) in [4.78, 5) is 109. The molecule has 2 aromatic heterocycles. The summed E-state index contributed by atoms with van der Waals surface area (Å²) < 4.78 is 49.0. The van der Waals surface area contributed by atoms with E-state index in [9.17, 15) is 46.7 Å². The number of piperazine rings is 3. The molecule has 9 heterocycles. The van der Waals surface area contributed by atoms with E-state index in [2.05, 4.69) is 162 Å². The Kier molecular flexibility index (Phi) is 44.0. The number of nitrogens with zero attached hydrogens (tertiary/aromatic N) is 12. The van der Waals surface area contributed by atoms with Crippen LogP contribution in [0.2, 0.25) is 0 Å². The Labute approximate surface area is 794 Å². The number of benzene rings is 5. The van der Waals surface area contributed by atoms with E-state index >= 15 is 0 Å². The van der Waals surface area contributed by atoms with E-state index < -0.39 is 41.6 Å². The number of carboxylic acids is 5. The molecule has 0 amide bonds. The van der Waals surface area contributed by atoms with E-state index in [-0.39, 0.29) is 23.2 Å². The number of carboxylic acid groups (broad SMARTS) is 5. The number of piperidine rings is 4. The van der Waals surface area contributed by atoms with Gasteiger partial charge in [-0.2, -0.15) is 13.2 Å². The second kappa shape index (κ2) is 53.7. The van der Waals surface area contributed by atoms with E-state index in [1.54, 1.807) is 58.9 Å². The number of aromatic carboxylic acids is 5. The number of aromatic nitrogens is 2. The molecule has 133 heavy (non-hydrogen) atoms. The van der Waals surface area contributed by atoms with Gasteiger partial charge in [0.25, 0.3) is 0 Å². The summed E-state index contributed by atoms with van der Waals surface area (Å²) in [6.45, 7) is 50.7. The number of aryl methyl sites for hydroxylation is 1. The molecule has 0 spiro atoms. The molecule has 0 aliphatic carbocycles. The normalized spacial score (nSPS) is 17.6. The lowest BCUT2D eigenvalue weighted by Gasteiger charge is -2.39. The summed E-state index contributed by atoms with van der Waals surface area (Å²) in [7, 11) is 2.77. The van der Waals surface area contributed by atoms with Crippen molar-refractivity contribution in [2.24, 2.45) is 11.8 Å². The number of alkyl halides is 3. The predicted molar refractivity (Wildman–Crippen MR) is 524 cm³/mol. The molecule has 7 saturated heterocycles. The van der Waals surface area contributed by atoms with Crippen LogP contribution in [-0.4, -0.2) is 299 Å². The first kappa shape index (κ1) is 109. The molecule has 0 unspecified atom stereocenters. The van der Waals surface area contributed by atoms with Gasteiger partial charge >= 0.3 is 48.0 Å². The second-order valence-electron chi connectivity index (χ2n) is 37.4. The molecule has 14 rings (SSSR count). The first-order chi connectivity index (χ1) is 63.2. The minimum Gasteiger partial charge on any atom is -0.478 e. The Hall–Kier alpha value is -9.44. The highest BCUT2D eigenvalue weighted by molar-refractivity contribution is 7.17. The third-order valence-electron chi connectivity index (χ3n) is 26.6. The van der Waals surface area contributed by atoms with Crippen LogP contribution in [0.25, 0.3) is 0 Å². The molecule has 7 aliphatic heterocycles. The molecule has 732 valence electrons. The van der Waals surface area contributed by atoms with Crippen molar-refractivity contribution >= 4 is 80.4 Å². The minimum absolute atomic E-state index is 0.0564. The quantitative estimate of drug-likeness (QED) is 0.0351. The fourth-order valence-corrected chi connectivity index (χ4v) is 19.5. The molecule has 5 aromatic carbocycles. The zero-order valence-electron chi connectivity index (χ0n) is 81.1. The van der Waals surface area contributed by atoms with Crippen LogP contribution in [0.15, 0.2) is 127 Å². The van der Waals surface area contributed by atoms with E-state index in [1.165, 1.54) is 142 Å². The third-order valence-corrected chi connectivity index (χ3v) is 28.6. The van der Waals surface area contributed by atoms with Crippen molar-refractivity contribution in [3.05, 3.63) is 193 Å². The maximum absolute atomic E-state index is 13.2. The molecule has 31 heteroatoms.